The van der Waals surface area contributed by atoms with Gasteiger partial charge in [-0.25, -0.2) is 0 Å². The van der Waals surface area contributed by atoms with E-state index < -0.39 is 0 Å². The minimum absolute atomic E-state index is 0.0694. The molecule has 2 atom stereocenters. The average Bonchev–Trinajstić information content (AvgIpc) is 2.28. The zero-order valence-electron chi connectivity index (χ0n) is 11.4. The predicted molar refractivity (Wildman–Crippen MR) is 73.2 cm³/mol. The fourth-order valence-corrected chi connectivity index (χ4v) is 1.88. The largest absolute Gasteiger partial charge is 0.491 e. The lowest BCUT2D eigenvalue weighted by Gasteiger charge is -2.20. The average molecular weight is 235 g/mol. The third-order valence-electron chi connectivity index (χ3n) is 3.03. The molecule has 0 fully saturated rings. The van der Waals surface area contributed by atoms with Gasteiger partial charge in [0.25, 0.3) is 0 Å². The number of rotatable bonds is 6. The monoisotopic (exact) mass is 235 g/mol. The van der Waals surface area contributed by atoms with Gasteiger partial charge in [0, 0.05) is 11.6 Å². The summed E-state index contributed by atoms with van der Waals surface area (Å²) in [5.41, 5.74) is 7.39. The molecule has 2 N–H and O–H groups in total. The van der Waals surface area contributed by atoms with Crippen LogP contribution in [0.25, 0.3) is 0 Å². The first-order valence-corrected chi connectivity index (χ1v) is 6.55. The van der Waals surface area contributed by atoms with Crippen LogP contribution in [0.5, 0.6) is 5.75 Å². The van der Waals surface area contributed by atoms with E-state index >= 15 is 0 Å². The third kappa shape index (κ3) is 4.39. The van der Waals surface area contributed by atoms with Crippen LogP contribution < -0.4 is 10.5 Å². The van der Waals surface area contributed by atoms with Gasteiger partial charge in [0.2, 0.25) is 0 Å². The summed E-state index contributed by atoms with van der Waals surface area (Å²) in [5, 5.41) is 0. The lowest BCUT2D eigenvalue weighted by Crippen LogP contribution is -2.16. The molecule has 2 heteroatoms. The van der Waals surface area contributed by atoms with Crippen LogP contribution in [0, 0.1) is 5.92 Å². The Morgan fingerprint density at radius 3 is 2.41 bits per heavy atom. The number of para-hydroxylation sites is 1. The van der Waals surface area contributed by atoms with Gasteiger partial charge in [-0.2, -0.15) is 0 Å². The molecule has 0 aromatic heterocycles. The quantitative estimate of drug-likeness (QED) is 0.811. The zero-order valence-corrected chi connectivity index (χ0v) is 11.4. The van der Waals surface area contributed by atoms with Crippen molar-refractivity contribution in [3.8, 4) is 5.75 Å². The summed E-state index contributed by atoms with van der Waals surface area (Å²) in [7, 11) is 0. The highest BCUT2D eigenvalue weighted by molar-refractivity contribution is 5.35. The zero-order chi connectivity index (χ0) is 12.8. The van der Waals surface area contributed by atoms with Crippen LogP contribution in [-0.4, -0.2) is 6.10 Å². The molecular weight excluding hydrogens is 210 g/mol. The maximum atomic E-state index is 6.27. The third-order valence-corrected chi connectivity index (χ3v) is 3.03. The lowest BCUT2D eigenvalue weighted by molar-refractivity contribution is 0.238. The number of hydrogen-bond acceptors (Lipinski definition) is 2. The molecular formula is C15H25NO. The second-order valence-corrected chi connectivity index (χ2v) is 5.06. The maximum Gasteiger partial charge on any atom is 0.124 e. The van der Waals surface area contributed by atoms with Gasteiger partial charge in [-0.15, -0.1) is 0 Å². The summed E-state index contributed by atoms with van der Waals surface area (Å²) >= 11 is 0. The Morgan fingerprint density at radius 2 is 1.82 bits per heavy atom. The normalized spacial score (nSPS) is 14.7. The van der Waals surface area contributed by atoms with Crippen LogP contribution in [-0.2, 0) is 0 Å². The molecule has 0 saturated heterocycles. The number of nitrogens with two attached hydrogens (primary N) is 1. The van der Waals surface area contributed by atoms with E-state index in [-0.39, 0.29) is 12.1 Å². The van der Waals surface area contributed by atoms with Gasteiger partial charge in [-0.3, -0.25) is 0 Å². The Bertz CT molecular complexity index is 335. The van der Waals surface area contributed by atoms with Crippen LogP contribution in [0.3, 0.4) is 0 Å². The van der Waals surface area contributed by atoms with Crippen LogP contribution in [0.4, 0.5) is 0 Å². The van der Waals surface area contributed by atoms with E-state index in [1.165, 1.54) is 6.42 Å². The maximum absolute atomic E-state index is 6.27. The number of benzene rings is 1. The minimum Gasteiger partial charge on any atom is -0.491 e. The lowest BCUT2D eigenvalue weighted by atomic mass is 9.94. The van der Waals surface area contributed by atoms with E-state index in [2.05, 4.69) is 19.9 Å². The standard InChI is InChI=1S/C15H25NO/c1-5-12(4)10-14(16)13-8-6-7-9-15(13)17-11(2)3/h6-9,11-12,14H,5,10,16H2,1-4H3. The van der Waals surface area contributed by atoms with E-state index in [1.807, 2.05) is 32.0 Å². The molecule has 0 spiro atoms. The van der Waals surface area contributed by atoms with E-state index in [0.29, 0.717) is 5.92 Å². The molecule has 1 aromatic carbocycles. The smallest absolute Gasteiger partial charge is 0.124 e. The molecule has 2 nitrogen and oxygen atoms in total. The van der Waals surface area contributed by atoms with E-state index in [9.17, 15) is 0 Å². The summed E-state index contributed by atoms with van der Waals surface area (Å²) in [6.45, 7) is 8.52. The molecule has 0 amide bonds. The molecule has 1 rings (SSSR count). The molecule has 0 aliphatic carbocycles. The molecule has 2 unspecified atom stereocenters. The van der Waals surface area contributed by atoms with Crippen molar-refractivity contribution < 1.29 is 4.74 Å². The van der Waals surface area contributed by atoms with Gasteiger partial charge in [-0.05, 0) is 32.3 Å². The molecule has 0 bridgehead atoms. The molecule has 96 valence electrons. The second kappa shape index (κ2) is 6.65. The Kier molecular flexibility index (Phi) is 5.49. The first kappa shape index (κ1) is 14.0. The van der Waals surface area contributed by atoms with Gasteiger partial charge < -0.3 is 10.5 Å². The number of hydrogen-bond donors (Lipinski definition) is 1. The molecule has 1 aromatic rings. The van der Waals surface area contributed by atoms with Crippen molar-refractivity contribution in [2.24, 2.45) is 11.7 Å². The van der Waals surface area contributed by atoms with Crippen molar-refractivity contribution in [2.45, 2.75) is 52.7 Å². The van der Waals surface area contributed by atoms with E-state index in [4.69, 9.17) is 10.5 Å². The summed E-state index contributed by atoms with van der Waals surface area (Å²) in [5.74, 6) is 1.58. The van der Waals surface area contributed by atoms with Crippen molar-refractivity contribution in [3.05, 3.63) is 29.8 Å². The van der Waals surface area contributed by atoms with Crippen LogP contribution in [0.15, 0.2) is 24.3 Å². The van der Waals surface area contributed by atoms with Crippen molar-refractivity contribution in [2.75, 3.05) is 0 Å². The predicted octanol–water partition coefficient (Wildman–Crippen LogP) is 3.91. The van der Waals surface area contributed by atoms with Crippen molar-refractivity contribution in [3.63, 3.8) is 0 Å². The first-order valence-electron chi connectivity index (χ1n) is 6.55. The van der Waals surface area contributed by atoms with E-state index in [1.54, 1.807) is 0 Å². The Morgan fingerprint density at radius 1 is 1.18 bits per heavy atom. The van der Waals surface area contributed by atoms with Crippen molar-refractivity contribution in [1.82, 2.24) is 0 Å². The SMILES string of the molecule is CCC(C)CC(N)c1ccccc1OC(C)C. The molecule has 0 aliphatic rings. The summed E-state index contributed by atoms with van der Waals surface area (Å²) in [6, 6.07) is 8.17. The molecule has 0 heterocycles. The molecule has 0 saturated carbocycles. The molecule has 0 radical (unpaired) electrons. The summed E-state index contributed by atoms with van der Waals surface area (Å²) in [4.78, 5) is 0. The highest BCUT2D eigenvalue weighted by Crippen LogP contribution is 2.29. The van der Waals surface area contributed by atoms with E-state index in [0.717, 1.165) is 17.7 Å². The Labute approximate surface area is 105 Å². The topological polar surface area (TPSA) is 35.2 Å². The summed E-state index contributed by atoms with van der Waals surface area (Å²) in [6.07, 6.45) is 2.36. The van der Waals surface area contributed by atoms with Crippen molar-refractivity contribution >= 4 is 0 Å². The highest BCUT2D eigenvalue weighted by Gasteiger charge is 2.14. The van der Waals surface area contributed by atoms with Gasteiger partial charge in [-0.1, -0.05) is 38.5 Å². The Balaban J connectivity index is 2.81. The molecule has 17 heavy (non-hydrogen) atoms. The molecule has 0 aliphatic heterocycles. The van der Waals surface area contributed by atoms with Gasteiger partial charge in [0.1, 0.15) is 5.75 Å². The highest BCUT2D eigenvalue weighted by atomic mass is 16.5. The van der Waals surface area contributed by atoms with Crippen molar-refractivity contribution in [1.29, 1.82) is 0 Å². The van der Waals surface area contributed by atoms with Crippen LogP contribution in [0.2, 0.25) is 0 Å². The minimum atomic E-state index is 0.0694. The number of ether oxygens (including phenoxy) is 1. The fourth-order valence-electron chi connectivity index (χ4n) is 1.88. The van der Waals surface area contributed by atoms with Crippen LogP contribution in [0.1, 0.15) is 52.1 Å². The van der Waals surface area contributed by atoms with Crippen LogP contribution >= 0.6 is 0 Å². The second-order valence-electron chi connectivity index (χ2n) is 5.06. The Hall–Kier alpha value is -1.02. The fraction of sp³-hybridized carbons (Fsp3) is 0.600. The first-order chi connectivity index (χ1) is 8.04. The van der Waals surface area contributed by atoms with Gasteiger partial charge >= 0.3 is 0 Å². The summed E-state index contributed by atoms with van der Waals surface area (Å²) < 4.78 is 5.80. The van der Waals surface area contributed by atoms with Gasteiger partial charge in [0.15, 0.2) is 0 Å². The van der Waals surface area contributed by atoms with Gasteiger partial charge in [0.05, 0.1) is 6.10 Å².